The Hall–Kier alpha value is -0.510. The molecule has 0 N–H and O–H groups in total. The van der Waals surface area contributed by atoms with Crippen LogP contribution in [0.5, 0.6) is 0 Å². The molecule has 10 heavy (non-hydrogen) atoms. The van der Waals surface area contributed by atoms with Crippen LogP contribution in [-0.2, 0) is 5.75 Å². The Morgan fingerprint density at radius 3 is 2.80 bits per heavy atom. The van der Waals surface area contributed by atoms with Gasteiger partial charge in [-0.1, -0.05) is 0 Å². The number of thiol groups is 1. The van der Waals surface area contributed by atoms with Crippen molar-refractivity contribution >= 4 is 12.6 Å². The molecule has 0 aliphatic heterocycles. The van der Waals surface area contributed by atoms with Crippen LogP contribution in [-0.4, -0.2) is 14.8 Å². The lowest BCUT2D eigenvalue weighted by Gasteiger charge is -2.06. The first-order chi connectivity index (χ1) is 4.75. The third-order valence-electron chi connectivity index (χ3n) is 1.28. The quantitative estimate of drug-likeness (QED) is 0.656. The van der Waals surface area contributed by atoms with Crippen LogP contribution in [0.25, 0.3) is 0 Å². The Balaban J connectivity index is 2.90. The molecule has 1 rings (SSSR count). The van der Waals surface area contributed by atoms with Crippen molar-refractivity contribution in [1.29, 1.82) is 0 Å². The molecule has 1 heterocycles. The molecule has 0 amide bonds. The van der Waals surface area contributed by atoms with Crippen molar-refractivity contribution in [3.8, 4) is 0 Å². The minimum absolute atomic E-state index is 0.379. The first kappa shape index (κ1) is 7.60. The highest BCUT2D eigenvalue weighted by molar-refractivity contribution is 7.79. The summed E-state index contributed by atoms with van der Waals surface area (Å²) in [4.78, 5) is 4.03. The molecule has 0 saturated heterocycles. The molecule has 0 fully saturated rings. The van der Waals surface area contributed by atoms with Gasteiger partial charge < -0.3 is 0 Å². The molecular weight excluding hydrogens is 146 g/mol. The second-order valence-corrected chi connectivity index (χ2v) is 2.69. The summed E-state index contributed by atoms with van der Waals surface area (Å²) in [6, 6.07) is 0.379. The second kappa shape index (κ2) is 3.05. The summed E-state index contributed by atoms with van der Waals surface area (Å²) < 4.78 is 1.87. The smallest absolute Gasteiger partial charge is 0.138 e. The molecular formula is C6H11N3S. The largest absolute Gasteiger partial charge is 0.247 e. The number of hydrogen-bond donors (Lipinski definition) is 1. The summed E-state index contributed by atoms with van der Waals surface area (Å²) in [6.45, 7) is 4.14. The molecule has 0 aromatic carbocycles. The SMILES string of the molecule is CC(C)n1ncnc1CS. The zero-order valence-electron chi connectivity index (χ0n) is 6.15. The molecule has 0 spiro atoms. The van der Waals surface area contributed by atoms with Crippen LogP contribution in [0.4, 0.5) is 0 Å². The van der Waals surface area contributed by atoms with E-state index in [4.69, 9.17) is 0 Å². The Labute approximate surface area is 65.9 Å². The molecule has 0 bridgehead atoms. The molecule has 0 radical (unpaired) electrons. The highest BCUT2D eigenvalue weighted by Crippen LogP contribution is 2.06. The van der Waals surface area contributed by atoms with E-state index in [1.807, 2.05) is 4.68 Å². The zero-order chi connectivity index (χ0) is 7.56. The average molecular weight is 157 g/mol. The fourth-order valence-corrected chi connectivity index (χ4v) is 1.05. The van der Waals surface area contributed by atoms with Gasteiger partial charge in [-0.2, -0.15) is 17.7 Å². The van der Waals surface area contributed by atoms with Crippen LogP contribution in [0.15, 0.2) is 6.33 Å². The highest BCUT2D eigenvalue weighted by Gasteiger charge is 2.03. The van der Waals surface area contributed by atoms with Gasteiger partial charge in [-0.05, 0) is 13.8 Å². The minimum atomic E-state index is 0.379. The van der Waals surface area contributed by atoms with Crippen molar-refractivity contribution in [2.75, 3.05) is 0 Å². The van der Waals surface area contributed by atoms with Crippen LogP contribution in [0.2, 0.25) is 0 Å². The second-order valence-electron chi connectivity index (χ2n) is 2.37. The minimum Gasteiger partial charge on any atom is -0.247 e. The van der Waals surface area contributed by atoms with E-state index in [2.05, 4.69) is 36.6 Å². The van der Waals surface area contributed by atoms with Crippen molar-refractivity contribution in [3.63, 3.8) is 0 Å². The number of rotatable bonds is 2. The zero-order valence-corrected chi connectivity index (χ0v) is 7.05. The fourth-order valence-electron chi connectivity index (χ4n) is 0.819. The van der Waals surface area contributed by atoms with Crippen molar-refractivity contribution in [3.05, 3.63) is 12.2 Å². The first-order valence-corrected chi connectivity index (χ1v) is 3.88. The summed E-state index contributed by atoms with van der Waals surface area (Å²) in [5.74, 6) is 1.58. The van der Waals surface area contributed by atoms with Gasteiger partial charge in [-0.3, -0.25) is 0 Å². The van der Waals surface area contributed by atoms with Crippen LogP contribution < -0.4 is 0 Å². The topological polar surface area (TPSA) is 30.7 Å². The van der Waals surface area contributed by atoms with Gasteiger partial charge in [0.1, 0.15) is 12.2 Å². The van der Waals surface area contributed by atoms with Gasteiger partial charge in [0.2, 0.25) is 0 Å². The maximum atomic E-state index is 4.12. The van der Waals surface area contributed by atoms with Crippen molar-refractivity contribution < 1.29 is 0 Å². The predicted octanol–water partition coefficient (Wildman–Crippen LogP) is 1.29. The third kappa shape index (κ3) is 1.31. The Morgan fingerprint density at radius 2 is 2.40 bits per heavy atom. The molecule has 0 atom stereocenters. The molecule has 0 unspecified atom stereocenters. The third-order valence-corrected chi connectivity index (χ3v) is 1.56. The van der Waals surface area contributed by atoms with Crippen LogP contribution in [0.3, 0.4) is 0 Å². The lowest BCUT2D eigenvalue weighted by Crippen LogP contribution is -2.06. The van der Waals surface area contributed by atoms with Crippen LogP contribution >= 0.6 is 12.6 Å². The van der Waals surface area contributed by atoms with Crippen molar-refractivity contribution in [2.45, 2.75) is 25.6 Å². The van der Waals surface area contributed by atoms with E-state index in [-0.39, 0.29) is 0 Å². The van der Waals surface area contributed by atoms with Crippen LogP contribution in [0, 0.1) is 0 Å². The standard InChI is InChI=1S/C6H11N3S/c1-5(2)9-6(3-10)7-4-8-9/h4-5,10H,3H2,1-2H3. The molecule has 1 aromatic rings. The summed E-state index contributed by atoms with van der Waals surface area (Å²) >= 11 is 4.12. The van der Waals surface area contributed by atoms with E-state index < -0.39 is 0 Å². The summed E-state index contributed by atoms with van der Waals surface area (Å²) in [6.07, 6.45) is 1.56. The van der Waals surface area contributed by atoms with Crippen LogP contribution in [0.1, 0.15) is 25.7 Å². The van der Waals surface area contributed by atoms with Gasteiger partial charge >= 0.3 is 0 Å². The molecule has 0 aliphatic rings. The Morgan fingerprint density at radius 1 is 1.70 bits per heavy atom. The average Bonchev–Trinajstić information content (AvgIpc) is 2.33. The predicted molar refractivity (Wildman–Crippen MR) is 43.1 cm³/mol. The van der Waals surface area contributed by atoms with Crippen molar-refractivity contribution in [1.82, 2.24) is 14.8 Å². The first-order valence-electron chi connectivity index (χ1n) is 3.25. The number of aromatic nitrogens is 3. The fraction of sp³-hybridized carbons (Fsp3) is 0.667. The Kier molecular flexibility index (Phi) is 2.32. The molecule has 0 aliphatic carbocycles. The summed E-state index contributed by atoms with van der Waals surface area (Å²) in [7, 11) is 0. The highest BCUT2D eigenvalue weighted by atomic mass is 32.1. The molecule has 56 valence electrons. The van der Waals surface area contributed by atoms with Gasteiger partial charge in [0.15, 0.2) is 0 Å². The Bertz CT molecular complexity index is 207. The van der Waals surface area contributed by atoms with Gasteiger partial charge in [0, 0.05) is 6.04 Å². The van der Waals surface area contributed by atoms with Gasteiger partial charge in [0.25, 0.3) is 0 Å². The maximum absolute atomic E-state index is 4.12. The molecule has 3 nitrogen and oxygen atoms in total. The lowest BCUT2D eigenvalue weighted by atomic mass is 10.4. The van der Waals surface area contributed by atoms with E-state index in [9.17, 15) is 0 Å². The molecule has 1 aromatic heterocycles. The molecule has 0 saturated carbocycles. The van der Waals surface area contributed by atoms with Gasteiger partial charge in [-0.15, -0.1) is 0 Å². The van der Waals surface area contributed by atoms with E-state index in [0.717, 1.165) is 5.82 Å². The van der Waals surface area contributed by atoms with E-state index in [1.165, 1.54) is 0 Å². The van der Waals surface area contributed by atoms with E-state index in [1.54, 1.807) is 6.33 Å². The monoisotopic (exact) mass is 157 g/mol. The number of hydrogen-bond acceptors (Lipinski definition) is 3. The number of nitrogens with zero attached hydrogens (tertiary/aromatic N) is 3. The summed E-state index contributed by atoms with van der Waals surface area (Å²) in [5.41, 5.74) is 0. The molecule has 4 heteroatoms. The van der Waals surface area contributed by atoms with Gasteiger partial charge in [0.05, 0.1) is 5.75 Å². The normalized spacial score (nSPS) is 10.8. The summed E-state index contributed by atoms with van der Waals surface area (Å²) in [5, 5.41) is 4.04. The maximum Gasteiger partial charge on any atom is 0.138 e. The lowest BCUT2D eigenvalue weighted by molar-refractivity contribution is 0.515. The van der Waals surface area contributed by atoms with Gasteiger partial charge in [-0.25, -0.2) is 9.67 Å². The van der Waals surface area contributed by atoms with Crippen molar-refractivity contribution in [2.24, 2.45) is 0 Å². The van der Waals surface area contributed by atoms with E-state index in [0.29, 0.717) is 11.8 Å². The van der Waals surface area contributed by atoms with E-state index >= 15 is 0 Å².